The summed E-state index contributed by atoms with van der Waals surface area (Å²) in [7, 11) is -18.4. The molecular weight excluding hydrogens is 1520 g/mol. The molecule has 45 heteroatoms. The minimum atomic E-state index is -5.09. The van der Waals surface area contributed by atoms with Gasteiger partial charge < -0.3 is 90.5 Å². The number of rotatable bonds is 21. The molecule has 2 radical (unpaired) electrons. The molecule has 37 nitrogen and oxygen atoms in total. The van der Waals surface area contributed by atoms with Crippen molar-refractivity contribution in [2.24, 2.45) is 5.92 Å². The van der Waals surface area contributed by atoms with Crippen LogP contribution in [-0.2, 0) is 138 Å². The van der Waals surface area contributed by atoms with Crippen molar-refractivity contribution in [2.45, 2.75) is 113 Å². The SMILES string of the molecule is COC1C(COP(=O)([O-])O)OC(n2cc(CP(=O)([O-])OCC3OC(n4cc(Br)c(=O)[nH]c4=O)CC3O)c(=O)[nH]c2=O)C1C.O=c1[nH]c(=O)n(C2CC(O)C(COP(=O)([O-])Cc3cn(C4CCC(COP(=O)([O-])O)O4)c(=O)[nH]c3=O)O2)cc1Br.[Y].[Y]. The summed E-state index contributed by atoms with van der Waals surface area (Å²) < 4.78 is 97.5. The second kappa shape index (κ2) is 30.5. The van der Waals surface area contributed by atoms with Crippen molar-refractivity contribution in [3.8, 4) is 0 Å². The Bertz CT molecular complexity index is 3740. The van der Waals surface area contributed by atoms with Gasteiger partial charge in [0.05, 0.1) is 59.8 Å². The molecule has 8 heterocycles. The van der Waals surface area contributed by atoms with Crippen molar-refractivity contribution in [1.82, 2.24) is 38.2 Å². The molecule has 4 aliphatic heterocycles. The number of hydrogen-bond acceptors (Lipinski definition) is 27. The van der Waals surface area contributed by atoms with Crippen LogP contribution in [0.15, 0.2) is 72.1 Å². The first-order valence-electron chi connectivity index (χ1n) is 24.1. The molecule has 468 valence electrons. The zero-order valence-corrected chi connectivity index (χ0v) is 56.2. The van der Waals surface area contributed by atoms with Crippen LogP contribution >= 0.6 is 62.7 Å². The number of aromatic amines is 4. The summed E-state index contributed by atoms with van der Waals surface area (Å²) in [6.45, 7) is -0.893. The van der Waals surface area contributed by atoms with E-state index in [-0.39, 0.29) is 106 Å². The number of nitrogens with one attached hydrogen (secondary N) is 4. The fourth-order valence-electron chi connectivity index (χ4n) is 9.05. The van der Waals surface area contributed by atoms with Crippen LogP contribution in [0.3, 0.4) is 0 Å². The first-order chi connectivity index (χ1) is 38.6. The van der Waals surface area contributed by atoms with Gasteiger partial charge in [-0.15, -0.1) is 0 Å². The van der Waals surface area contributed by atoms with Crippen molar-refractivity contribution in [3.05, 3.63) is 128 Å². The summed E-state index contributed by atoms with van der Waals surface area (Å²) in [4.78, 5) is 170. The number of nitrogens with zero attached hydrogens (tertiary/aromatic N) is 4. The molecule has 0 saturated carbocycles. The molecule has 0 spiro atoms. The maximum Gasteiger partial charge on any atom is 0.330 e. The van der Waals surface area contributed by atoms with Crippen LogP contribution in [-0.4, -0.2) is 134 Å². The zero-order valence-electron chi connectivity index (χ0n) is 43.8. The predicted octanol–water partition coefficient (Wildman–Crippen LogP) is -4.69. The fraction of sp³-hybridized carbons (Fsp3) is 0.600. The summed E-state index contributed by atoms with van der Waals surface area (Å²) in [5.41, 5.74) is -7.62. The van der Waals surface area contributed by atoms with Gasteiger partial charge in [-0.05, 0) is 44.7 Å². The normalized spacial score (nSPS) is 28.4. The molecule has 16 atom stereocenters. The molecule has 4 aromatic heterocycles. The Labute approximate surface area is 541 Å². The number of H-pyrrole nitrogens is 4. The van der Waals surface area contributed by atoms with E-state index in [1.807, 2.05) is 9.97 Å². The Kier molecular flexibility index (Phi) is 26.5. The Morgan fingerprint density at radius 3 is 1.38 bits per heavy atom. The van der Waals surface area contributed by atoms with Gasteiger partial charge in [0.1, 0.15) is 58.4 Å². The fourth-order valence-corrected chi connectivity index (χ4v) is 12.6. The number of phosphoric ester groups is 2. The van der Waals surface area contributed by atoms with E-state index < -0.39 is 194 Å². The van der Waals surface area contributed by atoms with Crippen molar-refractivity contribution < 1.29 is 165 Å². The summed E-state index contributed by atoms with van der Waals surface area (Å²) in [5.74, 6) is -0.639. The summed E-state index contributed by atoms with van der Waals surface area (Å²) >= 11 is 5.97. The van der Waals surface area contributed by atoms with Gasteiger partial charge >= 0.3 is 22.8 Å². The second-order valence-corrected chi connectivity index (χ2v) is 26.6. The number of hydrogen-bond donors (Lipinski definition) is 8. The smallest absolute Gasteiger partial charge is 0.330 e. The van der Waals surface area contributed by atoms with Crippen molar-refractivity contribution in [2.75, 3.05) is 33.5 Å². The van der Waals surface area contributed by atoms with E-state index in [4.69, 9.17) is 42.5 Å². The molecule has 85 heavy (non-hydrogen) atoms. The molecule has 0 bridgehead atoms. The molecule has 0 aliphatic carbocycles. The third-order valence-corrected chi connectivity index (χ3v) is 17.6. The van der Waals surface area contributed by atoms with Crippen LogP contribution < -0.4 is 64.6 Å². The van der Waals surface area contributed by atoms with Gasteiger partial charge in [0.25, 0.3) is 37.9 Å². The van der Waals surface area contributed by atoms with Crippen LogP contribution in [0.25, 0.3) is 0 Å². The van der Waals surface area contributed by atoms with Crippen molar-refractivity contribution in [3.63, 3.8) is 0 Å². The predicted molar refractivity (Wildman–Crippen MR) is 273 cm³/mol. The molecule has 4 aromatic rings. The molecule has 8 rings (SSSR count). The van der Waals surface area contributed by atoms with Gasteiger partial charge in [-0.3, -0.25) is 66.5 Å². The van der Waals surface area contributed by atoms with Gasteiger partial charge in [0.15, 0.2) is 0 Å². The molecule has 8 N–H and O–H groups in total. The third kappa shape index (κ3) is 19.8. The van der Waals surface area contributed by atoms with Gasteiger partial charge in [0, 0.05) is 140 Å². The minimum Gasteiger partial charge on any atom is -0.778 e. The zero-order chi connectivity index (χ0) is 61.3. The minimum absolute atomic E-state index is 0. The first kappa shape index (κ1) is 73.9. The summed E-state index contributed by atoms with van der Waals surface area (Å²) in [5, 5.41) is 20.7. The largest absolute Gasteiger partial charge is 0.778 e. The third-order valence-electron chi connectivity index (χ3n) is 13.0. The Morgan fingerprint density at radius 1 is 0.553 bits per heavy atom. The van der Waals surface area contributed by atoms with Gasteiger partial charge in [-0.2, -0.15) is 0 Å². The van der Waals surface area contributed by atoms with Crippen molar-refractivity contribution >= 4 is 62.7 Å². The average Bonchev–Trinajstić information content (AvgIpc) is 4.11. The number of ether oxygens (including phenoxy) is 5. The van der Waals surface area contributed by atoms with E-state index in [2.05, 4.69) is 50.9 Å². The quantitative estimate of drug-likeness (QED) is 0.0364. The number of aromatic nitrogens is 8. The van der Waals surface area contributed by atoms with Crippen molar-refractivity contribution in [1.29, 1.82) is 0 Å². The van der Waals surface area contributed by atoms with E-state index in [0.29, 0.717) is 0 Å². The maximum absolute atomic E-state index is 12.8. The standard InChI is InChI=1S/C21H29BrN4O15P2.C19H25BrN4O14P2.2Y/c1-9-16(37-2)14(7-39-43(34,35)36)41-19(9)26-4-10(17(28)23-21(26)31)8-42(32,33)38-6-13-12(27)3-15(40-13)25-5-11(22)18(29)24-20(25)30;20-11-5-24(19(29)22-17(11)27)15-3-12(25)13(38-15)7-35-39(30,31)8-9-4-23(18(28)21-16(9)26)14-2-1-10(37-14)6-36-40(32,33)34;;/h4-5,9,12-16,19,27H,3,6-8H2,1-2H3,(H,32,33)(H,23,28,31)(H,24,29,30)(H2,34,35,36);4-5,10,12-15,25H,1-3,6-8H2,(H,30,31)(H,21,26,28)(H,22,27,29)(H2,32,33,34);;/p-4. The van der Waals surface area contributed by atoms with E-state index in [1.165, 1.54) is 13.3 Å². The number of aliphatic hydroxyl groups excluding tert-OH is 2. The topological polar surface area (TPSA) is 544 Å². The van der Waals surface area contributed by atoms with Gasteiger partial charge in [-0.1, -0.05) is 6.92 Å². The molecular formula is C40H50Br2N8O29P4Y2-4. The van der Waals surface area contributed by atoms with Gasteiger partial charge in [0.2, 0.25) is 0 Å². The maximum atomic E-state index is 12.8. The van der Waals surface area contributed by atoms with Crippen LogP contribution in [0, 0.1) is 5.92 Å². The number of aliphatic hydroxyl groups is 2. The number of phosphoric acid groups is 2. The number of halogens is 2. The molecule has 0 aromatic carbocycles. The number of methoxy groups -OCH3 is 1. The van der Waals surface area contributed by atoms with E-state index in [1.54, 1.807) is 6.92 Å². The molecule has 4 saturated heterocycles. The average molecular weight is 1570 g/mol. The van der Waals surface area contributed by atoms with E-state index in [9.17, 15) is 86.4 Å². The molecule has 16 unspecified atom stereocenters. The Morgan fingerprint density at radius 2 is 0.941 bits per heavy atom. The first-order valence-corrected chi connectivity index (χ1v) is 32.1. The summed E-state index contributed by atoms with van der Waals surface area (Å²) in [6, 6.07) is 0. The Hall–Kier alpha value is -1.87. The van der Waals surface area contributed by atoms with Crippen LogP contribution in [0.1, 0.15) is 68.6 Å². The molecule has 4 aliphatic rings. The molecule has 0 amide bonds. The van der Waals surface area contributed by atoms with E-state index >= 15 is 0 Å². The van der Waals surface area contributed by atoms with Crippen LogP contribution in [0.5, 0.6) is 0 Å². The van der Waals surface area contributed by atoms with Gasteiger partial charge in [-0.25, -0.2) is 19.2 Å². The summed E-state index contributed by atoms with van der Waals surface area (Å²) in [6.07, 6.45) is -9.22. The Balaban J connectivity index is 0.000000304. The monoisotopic (exact) mass is 1570 g/mol. The van der Waals surface area contributed by atoms with Crippen LogP contribution in [0.4, 0.5) is 0 Å². The molecule has 4 fully saturated rings. The van der Waals surface area contributed by atoms with E-state index in [0.717, 1.165) is 36.9 Å². The van der Waals surface area contributed by atoms with Crippen LogP contribution in [0.2, 0.25) is 0 Å². The second-order valence-electron chi connectivity index (χ2n) is 18.9.